The number of hydrogen-bond acceptors (Lipinski definition) is 4. The molecule has 1 atom stereocenters. The first kappa shape index (κ1) is 11.2. The lowest BCUT2D eigenvalue weighted by Crippen LogP contribution is -2.32. The number of benzene rings is 1. The van der Waals surface area contributed by atoms with Crippen LogP contribution >= 0.6 is 11.6 Å². The standard InChI is InChI=1S/C11H11ClO4/c1-14-10(13)11(7-16-11)6-15-9-4-2-8(12)3-5-9/h2-5H,6-7H2,1H3. The molecule has 1 unspecified atom stereocenters. The van der Waals surface area contributed by atoms with Crippen LogP contribution in [0.5, 0.6) is 5.75 Å². The Bertz CT molecular complexity index is 383. The number of esters is 1. The first-order valence-corrected chi connectivity index (χ1v) is 5.15. The largest absolute Gasteiger partial charge is 0.490 e. The van der Waals surface area contributed by atoms with Crippen molar-refractivity contribution in [1.82, 2.24) is 0 Å². The van der Waals surface area contributed by atoms with Gasteiger partial charge in [0.15, 0.2) is 0 Å². The van der Waals surface area contributed by atoms with Gasteiger partial charge in [0.2, 0.25) is 5.60 Å². The van der Waals surface area contributed by atoms with Gasteiger partial charge in [0.05, 0.1) is 13.7 Å². The van der Waals surface area contributed by atoms with Crippen molar-refractivity contribution in [2.45, 2.75) is 5.60 Å². The van der Waals surface area contributed by atoms with Gasteiger partial charge in [-0.15, -0.1) is 0 Å². The minimum absolute atomic E-state index is 0.154. The summed E-state index contributed by atoms with van der Waals surface area (Å²) < 4.78 is 15.1. The summed E-state index contributed by atoms with van der Waals surface area (Å²) in [6.07, 6.45) is 0. The summed E-state index contributed by atoms with van der Waals surface area (Å²) in [6.45, 7) is 0.495. The average Bonchev–Trinajstić information content (AvgIpc) is 3.08. The van der Waals surface area contributed by atoms with E-state index in [2.05, 4.69) is 4.74 Å². The minimum Gasteiger partial charge on any atom is -0.490 e. The van der Waals surface area contributed by atoms with Gasteiger partial charge in [0.1, 0.15) is 12.4 Å². The van der Waals surface area contributed by atoms with Crippen LogP contribution in [-0.4, -0.2) is 31.9 Å². The SMILES string of the molecule is COC(=O)C1(COc2ccc(Cl)cc2)CO1. The quantitative estimate of drug-likeness (QED) is 0.595. The number of carbonyl (C=O) groups is 1. The predicted octanol–water partition coefficient (Wildman–Crippen LogP) is 1.66. The minimum atomic E-state index is -0.908. The average molecular weight is 243 g/mol. The van der Waals surface area contributed by atoms with E-state index >= 15 is 0 Å². The maximum absolute atomic E-state index is 11.3. The summed E-state index contributed by atoms with van der Waals surface area (Å²) in [4.78, 5) is 11.3. The molecule has 1 fully saturated rings. The van der Waals surface area contributed by atoms with E-state index in [1.807, 2.05) is 0 Å². The van der Waals surface area contributed by atoms with Crippen molar-refractivity contribution in [2.24, 2.45) is 0 Å². The van der Waals surface area contributed by atoms with E-state index in [1.54, 1.807) is 24.3 Å². The molecule has 1 aromatic carbocycles. The summed E-state index contributed by atoms with van der Waals surface area (Å²) in [5.41, 5.74) is -0.908. The van der Waals surface area contributed by atoms with Gasteiger partial charge in [-0.25, -0.2) is 4.79 Å². The van der Waals surface area contributed by atoms with Crippen molar-refractivity contribution >= 4 is 17.6 Å². The van der Waals surface area contributed by atoms with Crippen molar-refractivity contribution in [1.29, 1.82) is 0 Å². The maximum Gasteiger partial charge on any atom is 0.344 e. The van der Waals surface area contributed by atoms with Crippen LogP contribution in [0.1, 0.15) is 0 Å². The highest BCUT2D eigenvalue weighted by atomic mass is 35.5. The zero-order valence-electron chi connectivity index (χ0n) is 8.73. The van der Waals surface area contributed by atoms with Crippen molar-refractivity contribution < 1.29 is 19.0 Å². The molecule has 0 amide bonds. The molecule has 2 rings (SSSR count). The zero-order valence-corrected chi connectivity index (χ0v) is 9.49. The molecule has 0 bridgehead atoms. The highest BCUT2D eigenvalue weighted by Gasteiger charge is 2.54. The van der Waals surface area contributed by atoms with Crippen LogP contribution in [0.15, 0.2) is 24.3 Å². The molecule has 0 radical (unpaired) electrons. The summed E-state index contributed by atoms with van der Waals surface area (Å²) >= 11 is 5.73. The maximum atomic E-state index is 11.3. The van der Waals surface area contributed by atoms with E-state index in [0.29, 0.717) is 17.4 Å². The van der Waals surface area contributed by atoms with E-state index < -0.39 is 11.6 Å². The third kappa shape index (κ3) is 2.28. The van der Waals surface area contributed by atoms with Gasteiger partial charge in [-0.2, -0.15) is 0 Å². The molecule has 5 heteroatoms. The molecule has 1 saturated heterocycles. The molecular weight excluding hydrogens is 232 g/mol. The fraction of sp³-hybridized carbons (Fsp3) is 0.364. The van der Waals surface area contributed by atoms with Crippen molar-refractivity contribution in [2.75, 3.05) is 20.3 Å². The lowest BCUT2D eigenvalue weighted by Gasteiger charge is -2.11. The Labute approximate surface area is 98.1 Å². The second kappa shape index (κ2) is 4.31. The number of ether oxygens (including phenoxy) is 3. The second-order valence-electron chi connectivity index (χ2n) is 3.52. The van der Waals surface area contributed by atoms with Gasteiger partial charge in [-0.05, 0) is 24.3 Å². The van der Waals surface area contributed by atoms with Crippen LogP contribution in [0.4, 0.5) is 0 Å². The first-order valence-electron chi connectivity index (χ1n) is 4.77. The number of hydrogen-bond donors (Lipinski definition) is 0. The molecule has 0 spiro atoms. The Balaban J connectivity index is 1.93. The number of epoxide rings is 1. The van der Waals surface area contributed by atoms with Crippen LogP contribution in [0, 0.1) is 0 Å². The Morgan fingerprint density at radius 2 is 2.12 bits per heavy atom. The Hall–Kier alpha value is -1.26. The van der Waals surface area contributed by atoms with Crippen LogP contribution in [-0.2, 0) is 14.3 Å². The molecule has 86 valence electrons. The number of methoxy groups -OCH3 is 1. The van der Waals surface area contributed by atoms with Gasteiger partial charge in [-0.3, -0.25) is 0 Å². The number of carbonyl (C=O) groups excluding carboxylic acids is 1. The van der Waals surface area contributed by atoms with Gasteiger partial charge >= 0.3 is 5.97 Å². The fourth-order valence-electron chi connectivity index (χ4n) is 1.26. The molecule has 1 aliphatic rings. The molecule has 4 nitrogen and oxygen atoms in total. The Morgan fingerprint density at radius 1 is 1.50 bits per heavy atom. The van der Waals surface area contributed by atoms with E-state index in [-0.39, 0.29) is 6.61 Å². The lowest BCUT2D eigenvalue weighted by atomic mass is 10.2. The molecule has 0 aliphatic carbocycles. The first-order chi connectivity index (χ1) is 7.66. The molecule has 16 heavy (non-hydrogen) atoms. The van der Waals surface area contributed by atoms with Crippen LogP contribution in [0.3, 0.4) is 0 Å². The molecule has 1 aromatic rings. The van der Waals surface area contributed by atoms with E-state index in [9.17, 15) is 4.79 Å². The Morgan fingerprint density at radius 3 is 2.62 bits per heavy atom. The second-order valence-corrected chi connectivity index (χ2v) is 3.95. The molecule has 0 N–H and O–H groups in total. The normalized spacial score (nSPS) is 22.6. The summed E-state index contributed by atoms with van der Waals surface area (Å²) in [7, 11) is 1.33. The molecule has 1 heterocycles. The van der Waals surface area contributed by atoms with Crippen LogP contribution in [0.2, 0.25) is 5.02 Å². The van der Waals surface area contributed by atoms with Gasteiger partial charge in [-0.1, -0.05) is 11.6 Å². The topological polar surface area (TPSA) is 48.1 Å². The zero-order chi connectivity index (χ0) is 11.6. The third-order valence-corrected chi connectivity index (χ3v) is 2.59. The fourth-order valence-corrected chi connectivity index (χ4v) is 1.39. The van der Waals surface area contributed by atoms with Gasteiger partial charge < -0.3 is 14.2 Å². The Kier molecular flexibility index (Phi) is 3.03. The molecule has 0 aromatic heterocycles. The summed E-state index contributed by atoms with van der Waals surface area (Å²) in [6, 6.07) is 6.90. The summed E-state index contributed by atoms with van der Waals surface area (Å²) in [5.74, 6) is 0.240. The third-order valence-electron chi connectivity index (χ3n) is 2.34. The monoisotopic (exact) mass is 242 g/mol. The smallest absolute Gasteiger partial charge is 0.344 e. The molecule has 1 aliphatic heterocycles. The van der Waals surface area contributed by atoms with Gasteiger partial charge in [0.25, 0.3) is 0 Å². The van der Waals surface area contributed by atoms with Crippen molar-refractivity contribution in [3.63, 3.8) is 0 Å². The highest BCUT2D eigenvalue weighted by Crippen LogP contribution is 2.29. The van der Waals surface area contributed by atoms with E-state index in [1.165, 1.54) is 7.11 Å². The number of halogens is 1. The molecular formula is C11H11ClO4. The van der Waals surface area contributed by atoms with E-state index in [4.69, 9.17) is 21.1 Å². The van der Waals surface area contributed by atoms with Crippen molar-refractivity contribution in [3.05, 3.63) is 29.3 Å². The lowest BCUT2D eigenvalue weighted by molar-refractivity contribution is -0.148. The highest BCUT2D eigenvalue weighted by molar-refractivity contribution is 6.30. The van der Waals surface area contributed by atoms with E-state index in [0.717, 1.165) is 0 Å². The number of rotatable bonds is 4. The predicted molar refractivity (Wildman–Crippen MR) is 57.6 cm³/mol. The molecule has 0 saturated carbocycles. The van der Waals surface area contributed by atoms with Crippen molar-refractivity contribution in [3.8, 4) is 5.75 Å². The summed E-state index contributed by atoms with van der Waals surface area (Å²) in [5, 5.41) is 0.637. The van der Waals surface area contributed by atoms with Gasteiger partial charge in [0, 0.05) is 5.02 Å². The van der Waals surface area contributed by atoms with Crippen LogP contribution < -0.4 is 4.74 Å². The van der Waals surface area contributed by atoms with Crippen LogP contribution in [0.25, 0.3) is 0 Å².